The number of nitrogens with zero attached hydrogens (tertiary/aromatic N) is 3. The van der Waals surface area contributed by atoms with Gasteiger partial charge in [-0.25, -0.2) is 9.78 Å². The van der Waals surface area contributed by atoms with Crippen LogP contribution in [0.4, 0.5) is 17.5 Å². The Morgan fingerprint density at radius 3 is 2.60 bits per heavy atom. The first-order valence-electron chi connectivity index (χ1n) is 14.8. The Morgan fingerprint density at radius 2 is 1.88 bits per heavy atom. The highest BCUT2D eigenvalue weighted by Gasteiger charge is 2.44. The number of anilines is 3. The van der Waals surface area contributed by atoms with Gasteiger partial charge in [-0.15, -0.1) is 0 Å². The monoisotopic (exact) mass is 586 g/mol. The number of esters is 1. The number of hydrogen-bond donors (Lipinski definition) is 4. The number of hydrogen-bond acceptors (Lipinski definition) is 10. The van der Waals surface area contributed by atoms with Crippen LogP contribution in [0.5, 0.6) is 0 Å². The van der Waals surface area contributed by atoms with Gasteiger partial charge < -0.3 is 30.5 Å². The average Bonchev–Trinajstić information content (AvgIpc) is 3.73. The van der Waals surface area contributed by atoms with Gasteiger partial charge in [-0.1, -0.05) is 30.3 Å². The van der Waals surface area contributed by atoms with Crippen LogP contribution in [0.2, 0.25) is 0 Å². The number of morpholine rings is 1. The fourth-order valence-corrected chi connectivity index (χ4v) is 5.74. The van der Waals surface area contributed by atoms with Crippen molar-refractivity contribution >= 4 is 29.3 Å². The summed E-state index contributed by atoms with van der Waals surface area (Å²) in [4.78, 5) is 37.3. The van der Waals surface area contributed by atoms with Crippen LogP contribution in [-0.2, 0) is 15.1 Å². The van der Waals surface area contributed by atoms with Gasteiger partial charge in [0.25, 0.3) is 5.91 Å². The molecular weight excluding hydrogens is 548 g/mol. The van der Waals surface area contributed by atoms with Gasteiger partial charge >= 0.3 is 5.97 Å². The van der Waals surface area contributed by atoms with Crippen LogP contribution in [0.15, 0.2) is 54.7 Å². The maximum absolute atomic E-state index is 13.5. The van der Waals surface area contributed by atoms with Crippen molar-refractivity contribution in [2.75, 3.05) is 56.6 Å². The minimum Gasteiger partial charge on any atom is -0.451 e. The van der Waals surface area contributed by atoms with E-state index in [9.17, 15) is 14.7 Å². The van der Waals surface area contributed by atoms with Gasteiger partial charge in [0, 0.05) is 49.0 Å². The molecule has 1 amide bonds. The van der Waals surface area contributed by atoms with E-state index in [1.165, 1.54) is 6.20 Å². The second-order valence-corrected chi connectivity index (χ2v) is 12.1. The molecule has 6 rings (SSSR count). The number of carbonyl (C=O) groups is 2. The Kier molecular flexibility index (Phi) is 8.04. The number of aromatic nitrogens is 2. The van der Waals surface area contributed by atoms with Gasteiger partial charge in [-0.05, 0) is 50.5 Å². The molecule has 226 valence electrons. The van der Waals surface area contributed by atoms with Crippen LogP contribution in [0.25, 0.3) is 0 Å². The molecule has 11 heteroatoms. The smallest absolute Gasteiger partial charge is 0.339 e. The minimum absolute atomic E-state index is 0.0764. The van der Waals surface area contributed by atoms with Crippen molar-refractivity contribution in [2.24, 2.45) is 5.41 Å². The lowest BCUT2D eigenvalue weighted by Crippen LogP contribution is -2.43. The molecule has 1 aromatic heterocycles. The third-order valence-corrected chi connectivity index (χ3v) is 8.46. The summed E-state index contributed by atoms with van der Waals surface area (Å²) in [6.45, 7) is 8.32. The highest BCUT2D eigenvalue weighted by molar-refractivity contribution is 5.99. The molecule has 11 nitrogen and oxygen atoms in total. The molecule has 4 N–H and O–H groups in total. The third kappa shape index (κ3) is 6.48. The molecule has 1 unspecified atom stereocenters. The second kappa shape index (κ2) is 11.9. The van der Waals surface area contributed by atoms with E-state index < -0.39 is 11.6 Å². The van der Waals surface area contributed by atoms with Gasteiger partial charge in [0.05, 0.1) is 31.4 Å². The fraction of sp³-hybridized carbons (Fsp3) is 0.438. The largest absolute Gasteiger partial charge is 0.451 e. The van der Waals surface area contributed by atoms with Crippen LogP contribution >= 0.6 is 0 Å². The Bertz CT molecular complexity index is 1490. The zero-order chi connectivity index (χ0) is 30.0. The Hall–Kier alpha value is -4.06. The van der Waals surface area contributed by atoms with Crippen molar-refractivity contribution in [2.45, 2.75) is 38.3 Å². The molecule has 1 atom stereocenters. The highest BCUT2D eigenvalue weighted by Crippen LogP contribution is 2.46. The number of aliphatic hydroxyl groups is 1. The van der Waals surface area contributed by atoms with E-state index in [1.54, 1.807) is 12.1 Å². The number of fused-ring (bicyclic) bond motifs is 1. The fourth-order valence-electron chi connectivity index (χ4n) is 5.74. The Labute approximate surface area is 251 Å². The molecule has 1 aliphatic carbocycles. The van der Waals surface area contributed by atoms with E-state index in [2.05, 4.69) is 30.8 Å². The summed E-state index contributed by atoms with van der Waals surface area (Å²) in [7, 11) is 0. The van der Waals surface area contributed by atoms with Gasteiger partial charge in [-0.2, -0.15) is 4.98 Å². The van der Waals surface area contributed by atoms with E-state index in [0.717, 1.165) is 56.8 Å². The summed E-state index contributed by atoms with van der Waals surface area (Å²) in [5.74, 6) is -0.0609. The molecule has 43 heavy (non-hydrogen) atoms. The molecule has 3 aromatic rings. The van der Waals surface area contributed by atoms with E-state index in [-0.39, 0.29) is 35.4 Å². The summed E-state index contributed by atoms with van der Waals surface area (Å²) in [5.41, 5.74) is 2.45. The summed E-state index contributed by atoms with van der Waals surface area (Å²) >= 11 is 0. The van der Waals surface area contributed by atoms with Crippen molar-refractivity contribution in [3.8, 4) is 0 Å². The summed E-state index contributed by atoms with van der Waals surface area (Å²) in [6, 6.07) is 14.4. The lowest BCUT2D eigenvalue weighted by molar-refractivity contribution is 0.00953. The van der Waals surface area contributed by atoms with Crippen molar-refractivity contribution in [3.63, 3.8) is 0 Å². The van der Waals surface area contributed by atoms with Crippen molar-refractivity contribution in [1.82, 2.24) is 20.2 Å². The predicted molar refractivity (Wildman–Crippen MR) is 161 cm³/mol. The maximum Gasteiger partial charge on any atom is 0.339 e. The first kappa shape index (κ1) is 29.0. The zero-order valence-corrected chi connectivity index (χ0v) is 24.6. The minimum atomic E-state index is -0.746. The van der Waals surface area contributed by atoms with Crippen LogP contribution in [0.1, 0.15) is 64.6 Å². The molecule has 3 heterocycles. The first-order valence-corrected chi connectivity index (χ1v) is 14.8. The highest BCUT2D eigenvalue weighted by atomic mass is 16.6. The van der Waals surface area contributed by atoms with Crippen molar-refractivity contribution in [3.05, 3.63) is 77.0 Å². The predicted octanol–water partition coefficient (Wildman–Crippen LogP) is 3.61. The number of cyclic esters (lactones) is 1. The number of amides is 1. The number of aliphatic hydroxyl groups excluding tert-OH is 1. The number of ether oxygens (including phenoxy) is 2. The quantitative estimate of drug-likeness (QED) is 0.247. The molecule has 0 spiro atoms. The average molecular weight is 587 g/mol. The lowest BCUT2D eigenvalue weighted by atomic mass is 9.95. The summed E-state index contributed by atoms with van der Waals surface area (Å²) in [6.07, 6.45) is 3.64. The molecule has 2 fully saturated rings. The third-order valence-electron chi connectivity index (χ3n) is 8.46. The van der Waals surface area contributed by atoms with Crippen molar-refractivity contribution < 1.29 is 24.2 Å². The SMILES string of the molecule is CC1(C)OC(=O)c2ccc(Nc3ncc(C(=O)NCC4(CN5CCOCC5)CC4)c(NC(CO)c4ccccc4)n3)cc21. The van der Waals surface area contributed by atoms with Crippen LogP contribution in [0, 0.1) is 5.41 Å². The zero-order valence-electron chi connectivity index (χ0n) is 24.6. The Balaban J connectivity index is 1.23. The molecule has 1 saturated heterocycles. The number of carbonyl (C=O) groups excluding carboxylic acids is 2. The lowest BCUT2D eigenvalue weighted by Gasteiger charge is -2.30. The maximum atomic E-state index is 13.5. The van der Waals surface area contributed by atoms with Gasteiger partial charge in [-0.3, -0.25) is 9.69 Å². The molecular formula is C32H38N6O5. The molecule has 2 aliphatic heterocycles. The van der Waals surface area contributed by atoms with Crippen LogP contribution in [0.3, 0.4) is 0 Å². The standard InChI is InChI=1S/C32H38N6O5/c1-31(2)25-16-22(8-9-23(25)29(41)43-31)35-30-33-17-24(27(37-30)36-26(18-39)21-6-4-3-5-7-21)28(40)34-19-32(10-11-32)20-38-12-14-42-15-13-38/h3-9,16-17,26,39H,10-15,18-20H2,1-2H3,(H,34,40)(H2,33,35,36,37). The molecule has 2 aromatic carbocycles. The Morgan fingerprint density at radius 1 is 1.12 bits per heavy atom. The molecule has 1 saturated carbocycles. The van der Waals surface area contributed by atoms with E-state index in [0.29, 0.717) is 23.6 Å². The van der Waals surface area contributed by atoms with Crippen LogP contribution < -0.4 is 16.0 Å². The van der Waals surface area contributed by atoms with Crippen molar-refractivity contribution in [1.29, 1.82) is 0 Å². The van der Waals surface area contributed by atoms with E-state index in [4.69, 9.17) is 9.47 Å². The number of nitrogens with one attached hydrogen (secondary N) is 3. The van der Waals surface area contributed by atoms with Gasteiger partial charge in [0.15, 0.2) is 0 Å². The second-order valence-electron chi connectivity index (χ2n) is 12.1. The van der Waals surface area contributed by atoms with E-state index >= 15 is 0 Å². The molecule has 0 bridgehead atoms. The van der Waals surface area contributed by atoms with Crippen LogP contribution in [-0.4, -0.2) is 77.9 Å². The van der Waals surface area contributed by atoms with E-state index in [1.807, 2.05) is 50.2 Å². The molecule has 0 radical (unpaired) electrons. The summed E-state index contributed by atoms with van der Waals surface area (Å²) < 4.78 is 11.0. The first-order chi connectivity index (χ1) is 20.7. The number of rotatable bonds is 11. The number of benzene rings is 2. The normalized spacial score (nSPS) is 19.2. The summed E-state index contributed by atoms with van der Waals surface area (Å²) in [5, 5.41) is 19.8. The van der Waals surface area contributed by atoms with Gasteiger partial charge in [0.1, 0.15) is 17.0 Å². The molecule has 3 aliphatic rings. The van der Waals surface area contributed by atoms with Gasteiger partial charge in [0.2, 0.25) is 5.95 Å². The topological polar surface area (TPSA) is 138 Å².